The van der Waals surface area contributed by atoms with Crippen molar-refractivity contribution in [2.45, 2.75) is 32.9 Å². The third-order valence-electron chi connectivity index (χ3n) is 2.37. The van der Waals surface area contributed by atoms with E-state index in [1.54, 1.807) is 6.92 Å². The second-order valence-corrected chi connectivity index (χ2v) is 7.10. The number of rotatable bonds is 6. The number of hydrogen-bond donors (Lipinski definition) is 1. The summed E-state index contributed by atoms with van der Waals surface area (Å²) in [5.41, 5.74) is -0.0183. The number of hydrogen-bond acceptors (Lipinski definition) is 5. The molecular formula is C11H18ClN3O3S. The van der Waals surface area contributed by atoms with E-state index in [9.17, 15) is 13.2 Å². The van der Waals surface area contributed by atoms with Gasteiger partial charge in [-0.25, -0.2) is 13.1 Å². The Bertz CT molecular complexity index is 598. The van der Waals surface area contributed by atoms with Crippen LogP contribution in [0.3, 0.4) is 0 Å². The maximum absolute atomic E-state index is 11.9. The quantitative estimate of drug-likeness (QED) is 0.852. The summed E-state index contributed by atoms with van der Waals surface area (Å²) in [5, 5.41) is 6.91. The van der Waals surface area contributed by atoms with Crippen molar-refractivity contribution in [3.8, 4) is 0 Å². The lowest BCUT2D eigenvalue weighted by molar-refractivity contribution is 0.568. The lowest BCUT2D eigenvalue weighted by atomic mass is 10.3. The topological polar surface area (TPSA) is 81.1 Å². The van der Waals surface area contributed by atoms with Gasteiger partial charge in [-0.15, -0.1) is 0 Å². The van der Waals surface area contributed by atoms with Crippen LogP contribution in [-0.2, 0) is 16.4 Å². The van der Waals surface area contributed by atoms with Gasteiger partial charge in [-0.2, -0.15) is 5.10 Å². The van der Waals surface area contributed by atoms with Crippen molar-refractivity contribution in [3.05, 3.63) is 21.6 Å². The minimum absolute atomic E-state index is 0.0313. The molecule has 1 N–H and O–H groups in total. The number of aryl methyl sites for hydroxylation is 1. The molecule has 0 spiro atoms. The van der Waals surface area contributed by atoms with Crippen molar-refractivity contribution < 1.29 is 8.42 Å². The van der Waals surface area contributed by atoms with Crippen LogP contribution >= 0.6 is 11.6 Å². The minimum Gasteiger partial charge on any atom is -0.379 e. The Labute approximate surface area is 117 Å². The number of sulfone groups is 1. The van der Waals surface area contributed by atoms with Gasteiger partial charge in [0.15, 0.2) is 0 Å². The molecule has 1 atom stereocenters. The van der Waals surface area contributed by atoms with E-state index < -0.39 is 9.84 Å². The van der Waals surface area contributed by atoms with E-state index in [1.807, 2.05) is 6.92 Å². The number of anilines is 1. The van der Waals surface area contributed by atoms with Crippen molar-refractivity contribution in [1.29, 1.82) is 0 Å². The van der Waals surface area contributed by atoms with Crippen molar-refractivity contribution >= 4 is 27.1 Å². The minimum atomic E-state index is -3.09. The normalized spacial score (nSPS) is 13.3. The average molecular weight is 308 g/mol. The molecule has 19 heavy (non-hydrogen) atoms. The zero-order chi connectivity index (χ0) is 14.6. The SMILES string of the molecule is CCCn1ncc(NC(C)CS(C)(=O)=O)c(Cl)c1=O. The fourth-order valence-corrected chi connectivity index (χ4v) is 2.89. The summed E-state index contributed by atoms with van der Waals surface area (Å²) in [4.78, 5) is 11.9. The molecule has 0 saturated heterocycles. The fourth-order valence-electron chi connectivity index (χ4n) is 1.70. The molecule has 0 aliphatic carbocycles. The summed E-state index contributed by atoms with van der Waals surface area (Å²) < 4.78 is 23.6. The van der Waals surface area contributed by atoms with Gasteiger partial charge in [-0.3, -0.25) is 4.79 Å². The highest BCUT2D eigenvalue weighted by molar-refractivity contribution is 7.90. The Balaban J connectivity index is 2.92. The van der Waals surface area contributed by atoms with E-state index in [4.69, 9.17) is 11.6 Å². The van der Waals surface area contributed by atoms with Crippen LogP contribution in [0.5, 0.6) is 0 Å². The molecule has 8 heteroatoms. The second-order valence-electron chi connectivity index (χ2n) is 4.54. The van der Waals surface area contributed by atoms with Crippen LogP contribution in [0, 0.1) is 0 Å². The highest BCUT2D eigenvalue weighted by Crippen LogP contribution is 2.16. The fraction of sp³-hybridized carbons (Fsp3) is 0.636. The van der Waals surface area contributed by atoms with Gasteiger partial charge < -0.3 is 5.32 Å². The zero-order valence-corrected chi connectivity index (χ0v) is 12.8. The molecule has 6 nitrogen and oxygen atoms in total. The van der Waals surface area contributed by atoms with Gasteiger partial charge in [-0.05, 0) is 13.3 Å². The van der Waals surface area contributed by atoms with E-state index in [0.717, 1.165) is 12.7 Å². The van der Waals surface area contributed by atoms with E-state index in [2.05, 4.69) is 10.4 Å². The lowest BCUT2D eigenvalue weighted by Gasteiger charge is -2.15. The number of aromatic nitrogens is 2. The molecule has 108 valence electrons. The molecule has 1 aromatic heterocycles. The van der Waals surface area contributed by atoms with E-state index in [1.165, 1.54) is 10.9 Å². The van der Waals surface area contributed by atoms with Crippen LogP contribution in [0.25, 0.3) is 0 Å². The van der Waals surface area contributed by atoms with Crippen molar-refractivity contribution in [2.75, 3.05) is 17.3 Å². The monoisotopic (exact) mass is 307 g/mol. The van der Waals surface area contributed by atoms with Crippen molar-refractivity contribution in [1.82, 2.24) is 9.78 Å². The molecule has 0 amide bonds. The third-order valence-corrected chi connectivity index (χ3v) is 3.85. The Kier molecular flexibility index (Phi) is 5.37. The maximum Gasteiger partial charge on any atom is 0.287 e. The Morgan fingerprint density at radius 1 is 1.53 bits per heavy atom. The van der Waals surface area contributed by atoms with E-state index >= 15 is 0 Å². The summed E-state index contributed by atoms with van der Waals surface area (Å²) in [5.74, 6) is -0.0403. The number of nitrogens with zero attached hydrogens (tertiary/aromatic N) is 2. The largest absolute Gasteiger partial charge is 0.379 e. The maximum atomic E-state index is 11.9. The van der Waals surface area contributed by atoms with Crippen LogP contribution in [0.4, 0.5) is 5.69 Å². The summed E-state index contributed by atoms with van der Waals surface area (Å²) >= 11 is 5.96. The summed E-state index contributed by atoms with van der Waals surface area (Å²) in [7, 11) is -3.09. The molecule has 0 aromatic carbocycles. The Hall–Kier alpha value is -1.08. The molecule has 1 rings (SSSR count). The molecule has 0 saturated carbocycles. The van der Waals surface area contributed by atoms with E-state index in [0.29, 0.717) is 12.2 Å². The zero-order valence-electron chi connectivity index (χ0n) is 11.2. The Morgan fingerprint density at radius 3 is 2.68 bits per heavy atom. The molecule has 0 aliphatic heterocycles. The first-order valence-corrected chi connectivity index (χ1v) is 8.38. The number of nitrogens with one attached hydrogen (secondary N) is 1. The van der Waals surface area contributed by atoms with Gasteiger partial charge in [0.25, 0.3) is 5.56 Å². The van der Waals surface area contributed by atoms with Crippen LogP contribution in [0.2, 0.25) is 5.02 Å². The lowest BCUT2D eigenvalue weighted by Crippen LogP contribution is -2.28. The van der Waals surface area contributed by atoms with E-state index in [-0.39, 0.29) is 22.4 Å². The molecule has 0 radical (unpaired) electrons. The molecule has 0 aliphatic rings. The summed E-state index contributed by atoms with van der Waals surface area (Å²) in [6.45, 7) is 4.13. The first kappa shape index (κ1) is 16.0. The van der Waals surface area contributed by atoms with Crippen LogP contribution in [-0.4, -0.2) is 36.2 Å². The highest BCUT2D eigenvalue weighted by atomic mass is 35.5. The van der Waals surface area contributed by atoms with Crippen LogP contribution in [0.1, 0.15) is 20.3 Å². The molecular weight excluding hydrogens is 290 g/mol. The molecule has 1 heterocycles. The van der Waals surface area contributed by atoms with Gasteiger partial charge in [0, 0.05) is 18.8 Å². The first-order chi connectivity index (χ1) is 8.74. The smallest absolute Gasteiger partial charge is 0.287 e. The predicted molar refractivity (Wildman–Crippen MR) is 76.6 cm³/mol. The van der Waals surface area contributed by atoms with Gasteiger partial charge in [0.05, 0.1) is 17.6 Å². The second kappa shape index (κ2) is 6.38. The highest BCUT2D eigenvalue weighted by Gasteiger charge is 2.14. The van der Waals surface area contributed by atoms with Gasteiger partial charge in [0.1, 0.15) is 14.9 Å². The third kappa shape index (κ3) is 4.83. The van der Waals surface area contributed by atoms with Crippen LogP contribution < -0.4 is 10.9 Å². The summed E-state index contributed by atoms with van der Waals surface area (Å²) in [6, 6.07) is -0.351. The van der Waals surface area contributed by atoms with Crippen molar-refractivity contribution in [3.63, 3.8) is 0 Å². The Morgan fingerprint density at radius 2 is 2.16 bits per heavy atom. The number of halogens is 1. The molecule has 1 unspecified atom stereocenters. The first-order valence-electron chi connectivity index (χ1n) is 5.94. The van der Waals surface area contributed by atoms with Crippen molar-refractivity contribution in [2.24, 2.45) is 0 Å². The van der Waals surface area contributed by atoms with Gasteiger partial charge >= 0.3 is 0 Å². The van der Waals surface area contributed by atoms with Crippen LogP contribution in [0.15, 0.2) is 11.0 Å². The molecule has 0 bridgehead atoms. The summed E-state index contributed by atoms with van der Waals surface area (Å²) in [6.07, 6.45) is 3.38. The standard InChI is InChI=1S/C11H18ClN3O3S/c1-4-5-15-11(16)10(12)9(6-13-15)14-8(2)7-19(3,17)18/h6,8,14H,4-5,7H2,1-3H3. The predicted octanol–water partition coefficient (Wildman–Crippen LogP) is 1.15. The molecule has 1 aromatic rings. The van der Waals surface area contributed by atoms with Gasteiger partial charge in [0.2, 0.25) is 0 Å². The van der Waals surface area contributed by atoms with Gasteiger partial charge in [-0.1, -0.05) is 18.5 Å². The average Bonchev–Trinajstić information content (AvgIpc) is 2.26. The molecule has 0 fully saturated rings.